The zero-order valence-electron chi connectivity index (χ0n) is 22.1. The van der Waals surface area contributed by atoms with Crippen molar-refractivity contribution in [3.8, 4) is 17.2 Å². The maximum atomic E-state index is 13.5. The maximum Gasteiger partial charge on any atom is 0.302 e. The molecular formula is C30H29N3O6. The van der Waals surface area contributed by atoms with Gasteiger partial charge in [-0.1, -0.05) is 25.1 Å². The third-order valence-electron chi connectivity index (χ3n) is 6.68. The fourth-order valence-electron chi connectivity index (χ4n) is 4.77. The molecule has 5 rings (SSSR count). The van der Waals surface area contributed by atoms with Crippen molar-refractivity contribution in [2.75, 3.05) is 25.7 Å². The van der Waals surface area contributed by atoms with Crippen LogP contribution in [0.4, 0.5) is 5.95 Å². The SMILES string of the molecule is CCCOc1ccc(/C(O)=C2\C(=O)C(=O)N(c3nc4ccccc4[nH]3)C2c2ccc(OC)c(OC)c2)cc1C. The number of para-hydroxylation sites is 2. The molecule has 0 aliphatic carbocycles. The lowest BCUT2D eigenvalue weighted by molar-refractivity contribution is -0.132. The first-order chi connectivity index (χ1) is 18.9. The number of ketones is 1. The number of ether oxygens (including phenoxy) is 3. The number of aromatic amines is 1. The fraction of sp³-hybridized carbons (Fsp3) is 0.233. The van der Waals surface area contributed by atoms with Gasteiger partial charge >= 0.3 is 5.91 Å². The fourth-order valence-corrected chi connectivity index (χ4v) is 4.77. The number of amides is 1. The molecule has 1 unspecified atom stereocenters. The van der Waals surface area contributed by atoms with E-state index in [4.69, 9.17) is 14.2 Å². The Morgan fingerprint density at radius 2 is 1.74 bits per heavy atom. The second kappa shape index (κ2) is 10.5. The van der Waals surface area contributed by atoms with Crippen LogP contribution in [0.2, 0.25) is 0 Å². The van der Waals surface area contributed by atoms with Crippen molar-refractivity contribution in [1.29, 1.82) is 0 Å². The number of fused-ring (bicyclic) bond motifs is 1. The molecule has 1 aliphatic heterocycles. The summed E-state index contributed by atoms with van der Waals surface area (Å²) in [5, 5.41) is 11.5. The molecular weight excluding hydrogens is 498 g/mol. The van der Waals surface area contributed by atoms with Gasteiger partial charge in [-0.2, -0.15) is 0 Å². The van der Waals surface area contributed by atoms with Crippen LogP contribution in [0.3, 0.4) is 0 Å². The highest BCUT2D eigenvalue weighted by Gasteiger charge is 2.48. The van der Waals surface area contributed by atoms with Crippen molar-refractivity contribution in [2.24, 2.45) is 0 Å². The van der Waals surface area contributed by atoms with E-state index < -0.39 is 17.7 Å². The van der Waals surface area contributed by atoms with Gasteiger partial charge in [0.05, 0.1) is 43.5 Å². The smallest absolute Gasteiger partial charge is 0.302 e. The number of methoxy groups -OCH3 is 2. The van der Waals surface area contributed by atoms with E-state index in [0.717, 1.165) is 12.0 Å². The van der Waals surface area contributed by atoms with Crippen LogP contribution >= 0.6 is 0 Å². The normalized spacial score (nSPS) is 16.6. The Bertz CT molecular complexity index is 1570. The van der Waals surface area contributed by atoms with Gasteiger partial charge in [-0.25, -0.2) is 4.98 Å². The molecule has 39 heavy (non-hydrogen) atoms. The van der Waals surface area contributed by atoms with Gasteiger partial charge in [0.15, 0.2) is 11.5 Å². The van der Waals surface area contributed by atoms with E-state index in [0.29, 0.717) is 46.0 Å². The highest BCUT2D eigenvalue weighted by molar-refractivity contribution is 6.51. The highest BCUT2D eigenvalue weighted by Crippen LogP contribution is 2.44. The topological polar surface area (TPSA) is 114 Å². The van der Waals surface area contributed by atoms with Gasteiger partial charge in [0, 0.05) is 5.56 Å². The zero-order valence-corrected chi connectivity index (χ0v) is 22.1. The van der Waals surface area contributed by atoms with Crippen LogP contribution in [0, 0.1) is 6.92 Å². The number of aliphatic hydroxyl groups is 1. The average Bonchev–Trinajstić information content (AvgIpc) is 3.49. The summed E-state index contributed by atoms with van der Waals surface area (Å²) in [5.74, 6) is -0.147. The summed E-state index contributed by atoms with van der Waals surface area (Å²) in [6.45, 7) is 4.44. The molecule has 0 bridgehead atoms. The maximum absolute atomic E-state index is 13.5. The van der Waals surface area contributed by atoms with Crippen LogP contribution in [0.15, 0.2) is 66.2 Å². The van der Waals surface area contributed by atoms with Crippen molar-refractivity contribution in [2.45, 2.75) is 26.3 Å². The lowest BCUT2D eigenvalue weighted by Crippen LogP contribution is -2.30. The first-order valence-corrected chi connectivity index (χ1v) is 12.6. The van der Waals surface area contributed by atoms with Crippen LogP contribution in [0.1, 0.15) is 36.1 Å². The molecule has 200 valence electrons. The first kappa shape index (κ1) is 25.8. The number of imidazole rings is 1. The lowest BCUT2D eigenvalue weighted by Gasteiger charge is -2.24. The highest BCUT2D eigenvalue weighted by atomic mass is 16.5. The number of carbonyl (C=O) groups is 2. The molecule has 0 saturated carbocycles. The Labute approximate surface area is 225 Å². The summed E-state index contributed by atoms with van der Waals surface area (Å²) in [6.07, 6.45) is 0.859. The summed E-state index contributed by atoms with van der Waals surface area (Å²) < 4.78 is 16.6. The first-order valence-electron chi connectivity index (χ1n) is 12.6. The van der Waals surface area contributed by atoms with Gasteiger partial charge in [-0.3, -0.25) is 14.5 Å². The molecule has 1 aliphatic rings. The zero-order chi connectivity index (χ0) is 27.7. The van der Waals surface area contributed by atoms with Gasteiger partial charge in [0.25, 0.3) is 5.78 Å². The number of hydrogen-bond acceptors (Lipinski definition) is 7. The Morgan fingerprint density at radius 1 is 1.00 bits per heavy atom. The van der Waals surface area contributed by atoms with Crippen LogP contribution in [0.25, 0.3) is 16.8 Å². The summed E-state index contributed by atoms with van der Waals surface area (Å²) in [7, 11) is 3.02. The summed E-state index contributed by atoms with van der Waals surface area (Å²) in [4.78, 5) is 36.1. The minimum absolute atomic E-state index is 0.0608. The number of H-pyrrole nitrogens is 1. The number of Topliss-reactive ketones (excluding diaryl/α,β-unsaturated/α-hetero) is 1. The summed E-state index contributed by atoms with van der Waals surface area (Å²) >= 11 is 0. The number of aromatic nitrogens is 2. The van der Waals surface area contributed by atoms with Gasteiger partial charge in [0.2, 0.25) is 5.95 Å². The number of aryl methyl sites for hydroxylation is 1. The van der Waals surface area contributed by atoms with Gasteiger partial charge in [-0.05, 0) is 66.9 Å². The van der Waals surface area contributed by atoms with E-state index in [-0.39, 0.29) is 17.3 Å². The van der Waals surface area contributed by atoms with Crippen LogP contribution in [0.5, 0.6) is 17.2 Å². The Balaban J connectivity index is 1.70. The minimum atomic E-state index is -0.985. The number of anilines is 1. The molecule has 2 heterocycles. The number of benzene rings is 3. The molecule has 1 saturated heterocycles. The molecule has 1 amide bonds. The molecule has 4 aromatic rings. The van der Waals surface area contributed by atoms with Gasteiger partial charge in [-0.15, -0.1) is 0 Å². The molecule has 3 aromatic carbocycles. The number of nitrogens with one attached hydrogen (secondary N) is 1. The van der Waals surface area contributed by atoms with Crippen molar-refractivity contribution in [1.82, 2.24) is 9.97 Å². The third kappa shape index (κ3) is 4.56. The number of rotatable bonds is 8. The van der Waals surface area contributed by atoms with Crippen molar-refractivity contribution < 1.29 is 28.9 Å². The summed E-state index contributed by atoms with van der Waals surface area (Å²) in [6, 6.07) is 16.6. The molecule has 2 N–H and O–H groups in total. The quantitative estimate of drug-likeness (QED) is 0.181. The number of hydrogen-bond donors (Lipinski definition) is 2. The molecule has 9 heteroatoms. The molecule has 1 aromatic heterocycles. The Morgan fingerprint density at radius 3 is 2.44 bits per heavy atom. The molecule has 1 fully saturated rings. The van der Waals surface area contributed by atoms with E-state index in [1.807, 2.05) is 38.1 Å². The Hall–Kier alpha value is -4.79. The van der Waals surface area contributed by atoms with Crippen LogP contribution < -0.4 is 19.1 Å². The molecule has 9 nitrogen and oxygen atoms in total. The average molecular weight is 528 g/mol. The van der Waals surface area contributed by atoms with E-state index in [1.54, 1.807) is 36.4 Å². The van der Waals surface area contributed by atoms with Gasteiger partial charge in [0.1, 0.15) is 11.5 Å². The monoisotopic (exact) mass is 527 g/mol. The Kier molecular flexibility index (Phi) is 6.98. The predicted molar refractivity (Wildman–Crippen MR) is 147 cm³/mol. The predicted octanol–water partition coefficient (Wildman–Crippen LogP) is 5.30. The molecule has 0 spiro atoms. The number of carbonyl (C=O) groups excluding carboxylic acids is 2. The molecule has 1 atom stereocenters. The van der Waals surface area contributed by atoms with Crippen molar-refractivity contribution >= 4 is 34.4 Å². The largest absolute Gasteiger partial charge is 0.507 e. The second-order valence-corrected chi connectivity index (χ2v) is 9.19. The van der Waals surface area contributed by atoms with Crippen LogP contribution in [-0.2, 0) is 9.59 Å². The van der Waals surface area contributed by atoms with Gasteiger partial charge < -0.3 is 24.3 Å². The van der Waals surface area contributed by atoms with E-state index in [9.17, 15) is 14.7 Å². The number of nitrogens with zero attached hydrogens (tertiary/aromatic N) is 2. The van der Waals surface area contributed by atoms with Crippen molar-refractivity contribution in [3.63, 3.8) is 0 Å². The van der Waals surface area contributed by atoms with Crippen LogP contribution in [-0.4, -0.2) is 47.6 Å². The van der Waals surface area contributed by atoms with E-state index >= 15 is 0 Å². The van der Waals surface area contributed by atoms with E-state index in [2.05, 4.69) is 9.97 Å². The van der Waals surface area contributed by atoms with E-state index in [1.165, 1.54) is 19.1 Å². The third-order valence-corrected chi connectivity index (χ3v) is 6.68. The standard InChI is InChI=1S/C30H29N3O6/c1-5-14-39-22-12-11-19(15-17(22)2)27(34)25-26(18-10-13-23(37-3)24(16-18)38-4)33(29(36)28(25)35)30-31-20-8-6-7-9-21(20)32-30/h6-13,15-16,26,34H,5,14H2,1-4H3,(H,31,32)/b27-25+. The van der Waals surface area contributed by atoms with Crippen molar-refractivity contribution in [3.05, 3.63) is 82.9 Å². The molecule has 0 radical (unpaired) electrons. The lowest BCUT2D eigenvalue weighted by atomic mass is 9.94. The second-order valence-electron chi connectivity index (χ2n) is 9.19. The summed E-state index contributed by atoms with van der Waals surface area (Å²) in [5.41, 5.74) is 3.01. The minimum Gasteiger partial charge on any atom is -0.507 e. The number of aliphatic hydroxyl groups excluding tert-OH is 1.